The molecule has 3 amide bonds. The van der Waals surface area contributed by atoms with Crippen LogP contribution in [0.3, 0.4) is 0 Å². The summed E-state index contributed by atoms with van der Waals surface area (Å²) in [4.78, 5) is 36.6. The first-order valence-electron chi connectivity index (χ1n) is 16.2. The maximum atomic E-state index is 12.8. The molecule has 2 aromatic carbocycles. The lowest BCUT2D eigenvalue weighted by Gasteiger charge is -2.29. The van der Waals surface area contributed by atoms with Gasteiger partial charge in [0.15, 0.2) is 0 Å². The van der Waals surface area contributed by atoms with Crippen LogP contribution in [0.5, 0.6) is 5.75 Å². The second-order valence-electron chi connectivity index (χ2n) is 12.0. The van der Waals surface area contributed by atoms with Crippen molar-refractivity contribution >= 4 is 23.9 Å². The SMILES string of the molecule is COc1cc(-c2cn(C3CCC(NCCOCCC#Cc4ccc5c(c4)CN(C(C)CCC(=O)NC=O)C5=O)CC3)nn2)ccc1N. The molecule has 1 atom stereocenters. The lowest BCUT2D eigenvalue weighted by Crippen LogP contribution is -2.35. The third kappa shape index (κ3) is 8.75. The van der Waals surface area contributed by atoms with Gasteiger partial charge in [0.2, 0.25) is 12.3 Å². The van der Waals surface area contributed by atoms with Gasteiger partial charge in [-0.3, -0.25) is 19.7 Å². The molecule has 47 heavy (non-hydrogen) atoms. The molecule has 1 aromatic heterocycles. The van der Waals surface area contributed by atoms with Crippen LogP contribution in [0, 0.1) is 11.8 Å². The van der Waals surface area contributed by atoms with Crippen molar-refractivity contribution < 1.29 is 23.9 Å². The van der Waals surface area contributed by atoms with E-state index in [1.807, 2.05) is 54.2 Å². The Hall–Kier alpha value is -4.73. The topological polar surface area (TPSA) is 154 Å². The summed E-state index contributed by atoms with van der Waals surface area (Å²) in [6, 6.07) is 12.0. The Kier molecular flexibility index (Phi) is 11.6. The molecule has 1 fully saturated rings. The first-order chi connectivity index (χ1) is 22.9. The van der Waals surface area contributed by atoms with E-state index in [2.05, 4.69) is 32.8 Å². The Morgan fingerprint density at radius 1 is 1.17 bits per heavy atom. The van der Waals surface area contributed by atoms with E-state index in [1.165, 1.54) is 0 Å². The highest BCUT2D eigenvalue weighted by Crippen LogP contribution is 2.31. The summed E-state index contributed by atoms with van der Waals surface area (Å²) in [7, 11) is 1.60. The molecule has 12 nitrogen and oxygen atoms in total. The Morgan fingerprint density at radius 3 is 2.79 bits per heavy atom. The molecule has 0 bridgehead atoms. The van der Waals surface area contributed by atoms with Gasteiger partial charge in [0.1, 0.15) is 11.4 Å². The predicted octanol–water partition coefficient (Wildman–Crippen LogP) is 3.46. The maximum absolute atomic E-state index is 12.8. The molecule has 12 heteroatoms. The number of nitrogens with two attached hydrogens (primary N) is 1. The van der Waals surface area contributed by atoms with Crippen LogP contribution in [0.2, 0.25) is 0 Å². The van der Waals surface area contributed by atoms with Crippen molar-refractivity contribution in [1.29, 1.82) is 0 Å². The third-order valence-electron chi connectivity index (χ3n) is 8.87. The van der Waals surface area contributed by atoms with E-state index in [-0.39, 0.29) is 24.3 Å². The van der Waals surface area contributed by atoms with Gasteiger partial charge in [-0.25, -0.2) is 4.68 Å². The maximum Gasteiger partial charge on any atom is 0.254 e. The van der Waals surface area contributed by atoms with Gasteiger partial charge in [0.05, 0.1) is 38.2 Å². The molecule has 4 N–H and O–H groups in total. The smallest absolute Gasteiger partial charge is 0.254 e. The average molecular weight is 642 g/mol. The van der Waals surface area contributed by atoms with Gasteiger partial charge in [0, 0.05) is 54.7 Å². The van der Waals surface area contributed by atoms with Gasteiger partial charge in [0.25, 0.3) is 5.91 Å². The van der Waals surface area contributed by atoms with Gasteiger partial charge in [-0.05, 0) is 74.9 Å². The number of nitrogens with one attached hydrogen (secondary N) is 2. The van der Waals surface area contributed by atoms with Crippen LogP contribution >= 0.6 is 0 Å². The normalized spacial score (nSPS) is 17.8. The predicted molar refractivity (Wildman–Crippen MR) is 177 cm³/mol. The Labute approximate surface area is 275 Å². The second-order valence-corrected chi connectivity index (χ2v) is 12.0. The zero-order chi connectivity index (χ0) is 33.2. The van der Waals surface area contributed by atoms with Crippen LogP contribution in [0.4, 0.5) is 5.69 Å². The number of hydrogen-bond acceptors (Lipinski definition) is 9. The van der Waals surface area contributed by atoms with E-state index < -0.39 is 0 Å². The Bertz CT molecular complexity index is 1620. The molecule has 3 aromatic rings. The summed E-state index contributed by atoms with van der Waals surface area (Å²) < 4.78 is 13.1. The van der Waals surface area contributed by atoms with Crippen molar-refractivity contribution in [2.24, 2.45) is 0 Å². The molecule has 1 unspecified atom stereocenters. The number of ether oxygens (including phenoxy) is 2. The average Bonchev–Trinajstić information content (AvgIpc) is 3.70. The molecule has 2 aliphatic rings. The fourth-order valence-corrected chi connectivity index (χ4v) is 6.14. The highest BCUT2D eigenvalue weighted by atomic mass is 16.5. The van der Waals surface area contributed by atoms with E-state index in [1.54, 1.807) is 12.0 Å². The van der Waals surface area contributed by atoms with Gasteiger partial charge in [-0.15, -0.1) is 5.10 Å². The lowest BCUT2D eigenvalue weighted by molar-refractivity contribution is -0.125. The fraction of sp³-hybridized carbons (Fsp3) is 0.457. The van der Waals surface area contributed by atoms with Crippen LogP contribution in [-0.4, -0.2) is 77.1 Å². The lowest BCUT2D eigenvalue weighted by atomic mass is 9.91. The molecule has 0 saturated heterocycles. The number of carbonyl (C=O) groups is 3. The number of benzene rings is 2. The van der Waals surface area contributed by atoms with Crippen LogP contribution in [-0.2, 0) is 20.9 Å². The fourth-order valence-electron chi connectivity index (χ4n) is 6.14. The van der Waals surface area contributed by atoms with E-state index in [0.717, 1.165) is 54.6 Å². The van der Waals surface area contributed by atoms with Crippen molar-refractivity contribution in [3.8, 4) is 28.8 Å². The summed E-state index contributed by atoms with van der Waals surface area (Å²) >= 11 is 0. The molecular weight excluding hydrogens is 598 g/mol. The van der Waals surface area contributed by atoms with E-state index in [0.29, 0.717) is 68.1 Å². The van der Waals surface area contributed by atoms with Crippen LogP contribution in [0.15, 0.2) is 42.6 Å². The first kappa shape index (κ1) is 33.6. The highest BCUT2D eigenvalue weighted by molar-refractivity contribution is 5.98. The molecule has 1 saturated carbocycles. The van der Waals surface area contributed by atoms with Crippen LogP contribution in [0.1, 0.15) is 79.4 Å². The monoisotopic (exact) mass is 641 g/mol. The molecule has 0 radical (unpaired) electrons. The second kappa shape index (κ2) is 16.2. The van der Waals surface area contributed by atoms with Gasteiger partial charge in [-0.1, -0.05) is 23.1 Å². The number of anilines is 1. The minimum absolute atomic E-state index is 0.0428. The molecule has 1 aliphatic carbocycles. The number of methoxy groups -OCH3 is 1. The molecular formula is C35H43N7O5. The number of carbonyl (C=O) groups excluding carboxylic acids is 3. The number of nitrogen functional groups attached to an aromatic ring is 1. The first-order valence-corrected chi connectivity index (χ1v) is 16.2. The largest absolute Gasteiger partial charge is 0.495 e. The molecule has 0 spiro atoms. The van der Waals surface area contributed by atoms with Crippen molar-refractivity contribution in [2.75, 3.05) is 32.6 Å². The number of imide groups is 1. The number of hydrogen-bond donors (Lipinski definition) is 3. The van der Waals surface area contributed by atoms with E-state index >= 15 is 0 Å². The Morgan fingerprint density at radius 2 is 2.00 bits per heavy atom. The summed E-state index contributed by atoms with van der Waals surface area (Å²) in [6.07, 6.45) is 7.90. The summed E-state index contributed by atoms with van der Waals surface area (Å²) in [5, 5.41) is 14.5. The molecule has 248 valence electrons. The van der Waals surface area contributed by atoms with Gasteiger partial charge >= 0.3 is 0 Å². The van der Waals surface area contributed by atoms with Crippen molar-refractivity contribution in [1.82, 2.24) is 30.5 Å². The number of rotatable bonds is 14. The van der Waals surface area contributed by atoms with E-state index in [4.69, 9.17) is 15.2 Å². The number of aromatic nitrogens is 3. The number of amides is 3. The molecule has 1 aliphatic heterocycles. The zero-order valence-corrected chi connectivity index (χ0v) is 27.0. The summed E-state index contributed by atoms with van der Waals surface area (Å²) in [6.45, 7) is 4.38. The standard InChI is InChI=1S/C35H43N7O5/c1-24(6-15-34(44)38-23-43)41-21-27-19-25(7-13-30(27)35(41)45)5-3-4-17-47-18-16-37-28-9-11-29(12-10-28)42-22-32(39-40-42)26-8-14-31(36)33(20-26)46-2/h7-8,13-14,19-20,22-24,28-29,37H,4,6,9-12,15-18,21,36H2,1-2H3,(H,38,43,44). The van der Waals surface area contributed by atoms with Crippen molar-refractivity contribution in [2.45, 2.75) is 76.5 Å². The number of fused-ring (bicyclic) bond motifs is 1. The summed E-state index contributed by atoms with van der Waals surface area (Å²) in [5.41, 5.74) is 10.8. The summed E-state index contributed by atoms with van der Waals surface area (Å²) in [5.74, 6) is 6.60. The van der Waals surface area contributed by atoms with Crippen LogP contribution < -0.4 is 21.1 Å². The van der Waals surface area contributed by atoms with Crippen LogP contribution in [0.25, 0.3) is 11.3 Å². The van der Waals surface area contributed by atoms with Gasteiger partial charge in [-0.2, -0.15) is 0 Å². The van der Waals surface area contributed by atoms with E-state index in [9.17, 15) is 14.4 Å². The van der Waals surface area contributed by atoms with Crippen molar-refractivity contribution in [3.05, 3.63) is 59.3 Å². The molecule has 5 rings (SSSR count). The Balaban J connectivity index is 0.963. The zero-order valence-electron chi connectivity index (χ0n) is 27.0. The van der Waals surface area contributed by atoms with Gasteiger partial charge < -0.3 is 25.4 Å². The molecule has 2 heterocycles. The third-order valence-corrected chi connectivity index (χ3v) is 8.87. The minimum Gasteiger partial charge on any atom is -0.495 e. The number of nitrogens with zero attached hydrogens (tertiary/aromatic N) is 4. The highest BCUT2D eigenvalue weighted by Gasteiger charge is 2.31. The van der Waals surface area contributed by atoms with Crippen molar-refractivity contribution in [3.63, 3.8) is 0 Å². The quantitative estimate of drug-likeness (QED) is 0.104. The minimum atomic E-state index is -0.343.